The molecule has 0 aromatic rings. The lowest BCUT2D eigenvalue weighted by atomic mass is 10.2. The molecule has 0 heterocycles. The molecule has 0 amide bonds. The van der Waals surface area contributed by atoms with E-state index in [1.165, 1.54) is 0 Å². The molecule has 1 atom stereocenters. The van der Waals surface area contributed by atoms with Crippen molar-refractivity contribution in [1.29, 1.82) is 0 Å². The van der Waals surface area contributed by atoms with Gasteiger partial charge in [-0.15, -0.1) is 0 Å². The third kappa shape index (κ3) is 5.88. The van der Waals surface area contributed by atoms with Crippen molar-refractivity contribution in [3.8, 4) is 0 Å². The van der Waals surface area contributed by atoms with Gasteiger partial charge in [-0.3, -0.25) is 0 Å². The summed E-state index contributed by atoms with van der Waals surface area (Å²) in [7, 11) is 0. The van der Waals surface area contributed by atoms with Gasteiger partial charge in [-0.25, -0.2) is 0 Å². The summed E-state index contributed by atoms with van der Waals surface area (Å²) in [5.74, 6) is 0. The highest BCUT2D eigenvalue weighted by Crippen LogP contribution is 1.83. The number of rotatable bonds is 2. The lowest BCUT2D eigenvalue weighted by molar-refractivity contribution is 0.562. The van der Waals surface area contributed by atoms with Crippen molar-refractivity contribution in [1.82, 2.24) is 0 Å². The van der Waals surface area contributed by atoms with E-state index < -0.39 is 0 Å². The van der Waals surface area contributed by atoms with Crippen LogP contribution in [0.5, 0.6) is 0 Å². The van der Waals surface area contributed by atoms with Crippen molar-refractivity contribution in [3.63, 3.8) is 0 Å². The fraction of sp³-hybridized carbons (Fsp3) is 1.00. The van der Waals surface area contributed by atoms with Crippen LogP contribution in [0.2, 0.25) is 0 Å². The monoisotopic (exact) mass is 103 g/mol. The average molecular weight is 103 g/mol. The Morgan fingerprint density at radius 1 is 1.29 bits per heavy atom. The van der Waals surface area contributed by atoms with Crippen LogP contribution < -0.4 is 17.2 Å². The molecule has 1 unspecified atom stereocenters. The first-order valence-electron chi connectivity index (χ1n) is 2.39. The van der Waals surface area contributed by atoms with Gasteiger partial charge < -0.3 is 17.2 Å². The topological polar surface area (TPSA) is 78.1 Å². The van der Waals surface area contributed by atoms with Crippen molar-refractivity contribution >= 4 is 0 Å². The minimum Gasteiger partial charge on any atom is -0.328 e. The lowest BCUT2D eigenvalue weighted by Gasteiger charge is -2.06. The van der Waals surface area contributed by atoms with E-state index >= 15 is 0 Å². The Labute approximate surface area is 43.9 Å². The molecule has 3 heteroatoms. The number of hydrogen-bond donors (Lipinski definition) is 3. The van der Waals surface area contributed by atoms with E-state index in [1.807, 2.05) is 6.92 Å². The van der Waals surface area contributed by atoms with Crippen molar-refractivity contribution in [2.24, 2.45) is 17.2 Å². The van der Waals surface area contributed by atoms with Gasteiger partial charge in [0.05, 0.1) is 6.17 Å². The molecule has 0 saturated carbocycles. The molecule has 0 radical (unpaired) electrons. The predicted octanol–water partition coefficient (Wildman–Crippen LogP) is -1.03. The minimum atomic E-state index is -0.250. The standard InChI is InChI=1S/C4H13N3/c1-3(5)2-4(6)7/h3-4H,2,5-7H2,1H3. The summed E-state index contributed by atoms with van der Waals surface area (Å²) in [6.07, 6.45) is 0.444. The summed E-state index contributed by atoms with van der Waals surface area (Å²) in [5, 5.41) is 0. The highest BCUT2D eigenvalue weighted by atomic mass is 14.9. The van der Waals surface area contributed by atoms with Crippen LogP contribution in [0.1, 0.15) is 13.3 Å². The van der Waals surface area contributed by atoms with Crippen molar-refractivity contribution in [3.05, 3.63) is 0 Å². The summed E-state index contributed by atoms with van der Waals surface area (Å²) >= 11 is 0. The zero-order valence-electron chi connectivity index (χ0n) is 4.59. The summed E-state index contributed by atoms with van der Waals surface area (Å²) in [5.41, 5.74) is 15.7. The van der Waals surface area contributed by atoms with Crippen LogP contribution in [0.3, 0.4) is 0 Å². The van der Waals surface area contributed by atoms with Crippen LogP contribution in [0.25, 0.3) is 0 Å². The molecule has 0 bridgehead atoms. The number of hydrogen-bond acceptors (Lipinski definition) is 3. The molecule has 0 rings (SSSR count). The van der Waals surface area contributed by atoms with Crippen LogP contribution in [0.4, 0.5) is 0 Å². The Morgan fingerprint density at radius 2 is 1.71 bits per heavy atom. The predicted molar refractivity (Wildman–Crippen MR) is 30.4 cm³/mol. The Kier molecular flexibility index (Phi) is 2.91. The van der Waals surface area contributed by atoms with Crippen molar-refractivity contribution in [2.45, 2.75) is 25.6 Å². The largest absolute Gasteiger partial charge is 0.328 e. The van der Waals surface area contributed by atoms with Gasteiger partial charge in [0.15, 0.2) is 0 Å². The molecule has 0 aromatic heterocycles. The highest BCUT2D eigenvalue weighted by Gasteiger charge is 1.96. The van der Waals surface area contributed by atoms with Crippen molar-refractivity contribution < 1.29 is 0 Å². The zero-order chi connectivity index (χ0) is 5.86. The summed E-state index contributed by atoms with van der Waals surface area (Å²) in [6.45, 7) is 1.88. The first kappa shape index (κ1) is 6.88. The maximum atomic E-state index is 5.33. The third-order valence-corrected chi connectivity index (χ3v) is 0.644. The molecular formula is C4H13N3. The second-order valence-electron chi connectivity index (χ2n) is 1.88. The highest BCUT2D eigenvalue weighted by molar-refractivity contribution is 4.58. The molecule has 0 aliphatic heterocycles. The van der Waals surface area contributed by atoms with Gasteiger partial charge in [-0.1, -0.05) is 0 Å². The average Bonchev–Trinajstić information content (AvgIpc) is 1.27. The molecule has 0 aliphatic rings. The lowest BCUT2D eigenvalue weighted by Crippen LogP contribution is -2.36. The van der Waals surface area contributed by atoms with Gasteiger partial charge in [0.25, 0.3) is 0 Å². The molecule has 44 valence electrons. The maximum absolute atomic E-state index is 5.33. The van der Waals surface area contributed by atoms with Gasteiger partial charge >= 0.3 is 0 Å². The fourth-order valence-corrected chi connectivity index (χ4v) is 0.429. The van der Waals surface area contributed by atoms with Crippen LogP contribution in [-0.4, -0.2) is 12.2 Å². The van der Waals surface area contributed by atoms with Gasteiger partial charge in [0, 0.05) is 6.04 Å². The summed E-state index contributed by atoms with van der Waals surface area (Å²) in [4.78, 5) is 0. The van der Waals surface area contributed by atoms with E-state index in [0.717, 1.165) is 0 Å². The van der Waals surface area contributed by atoms with Gasteiger partial charge in [-0.05, 0) is 13.3 Å². The van der Waals surface area contributed by atoms with Crippen LogP contribution in [0.15, 0.2) is 0 Å². The fourth-order valence-electron chi connectivity index (χ4n) is 0.429. The molecule has 7 heavy (non-hydrogen) atoms. The van der Waals surface area contributed by atoms with E-state index in [-0.39, 0.29) is 12.2 Å². The minimum absolute atomic E-state index is 0.125. The Hall–Kier alpha value is -0.120. The van der Waals surface area contributed by atoms with E-state index in [4.69, 9.17) is 17.2 Å². The molecule has 0 aromatic carbocycles. The van der Waals surface area contributed by atoms with E-state index in [2.05, 4.69) is 0 Å². The quantitative estimate of drug-likeness (QED) is 0.391. The molecule has 0 fully saturated rings. The first-order valence-corrected chi connectivity index (χ1v) is 2.39. The zero-order valence-corrected chi connectivity index (χ0v) is 4.59. The summed E-state index contributed by atoms with van der Waals surface area (Å²) in [6, 6.07) is 0.125. The molecule has 0 aliphatic carbocycles. The number of nitrogens with two attached hydrogens (primary N) is 3. The van der Waals surface area contributed by atoms with E-state index in [9.17, 15) is 0 Å². The second-order valence-corrected chi connectivity index (χ2v) is 1.88. The summed E-state index contributed by atoms with van der Waals surface area (Å²) < 4.78 is 0. The molecule has 0 saturated heterocycles. The van der Waals surface area contributed by atoms with Gasteiger partial charge in [-0.2, -0.15) is 0 Å². The van der Waals surface area contributed by atoms with Crippen LogP contribution in [-0.2, 0) is 0 Å². The molecule has 6 N–H and O–H groups in total. The molecule has 0 spiro atoms. The molecule has 3 nitrogen and oxygen atoms in total. The Morgan fingerprint density at radius 3 is 1.71 bits per heavy atom. The van der Waals surface area contributed by atoms with Crippen molar-refractivity contribution in [2.75, 3.05) is 0 Å². The van der Waals surface area contributed by atoms with E-state index in [1.54, 1.807) is 0 Å². The normalized spacial score (nSPS) is 15.0. The smallest absolute Gasteiger partial charge is 0.0535 e. The maximum Gasteiger partial charge on any atom is 0.0535 e. The second kappa shape index (κ2) is 2.96. The van der Waals surface area contributed by atoms with Crippen LogP contribution >= 0.6 is 0 Å². The Bertz CT molecular complexity index is 36.2. The van der Waals surface area contributed by atoms with E-state index in [0.29, 0.717) is 6.42 Å². The Balaban J connectivity index is 2.95. The van der Waals surface area contributed by atoms with Gasteiger partial charge in [0.2, 0.25) is 0 Å². The van der Waals surface area contributed by atoms with Crippen LogP contribution in [0, 0.1) is 0 Å². The molecular weight excluding hydrogens is 90.1 g/mol. The SMILES string of the molecule is CC(N)CC(N)N. The van der Waals surface area contributed by atoms with Gasteiger partial charge in [0.1, 0.15) is 0 Å². The first-order chi connectivity index (χ1) is 3.13. The third-order valence-electron chi connectivity index (χ3n) is 0.644.